The molecule has 3 aliphatic heterocycles. The zero-order valence-electron chi connectivity index (χ0n) is 25.4. The molecular formula is C32H38F6N6OS. The number of aliphatic hydroxyl groups excluding tert-OH is 1. The second kappa shape index (κ2) is 13.8. The fraction of sp³-hybridized carbons (Fsp3) is 0.531. The average Bonchev–Trinajstić information content (AvgIpc) is 3.56. The van der Waals surface area contributed by atoms with Gasteiger partial charge in [0.25, 0.3) is 5.92 Å². The van der Waals surface area contributed by atoms with Gasteiger partial charge < -0.3 is 15.3 Å². The van der Waals surface area contributed by atoms with Crippen LogP contribution in [-0.4, -0.2) is 101 Å². The largest absolute Gasteiger partial charge is 0.417 e. The first-order valence-corrected chi connectivity index (χ1v) is 16.6. The summed E-state index contributed by atoms with van der Waals surface area (Å²) in [6.07, 6.45) is -4.82. The van der Waals surface area contributed by atoms with Crippen molar-refractivity contribution in [3.05, 3.63) is 65.1 Å². The molecule has 2 saturated heterocycles. The Morgan fingerprint density at radius 1 is 0.978 bits per heavy atom. The quantitative estimate of drug-likeness (QED) is 0.234. The van der Waals surface area contributed by atoms with E-state index in [-0.39, 0.29) is 49.1 Å². The van der Waals surface area contributed by atoms with E-state index in [1.54, 1.807) is 21.7 Å². The summed E-state index contributed by atoms with van der Waals surface area (Å²) in [6.45, 7) is 5.07. The molecule has 2 aromatic carbocycles. The Balaban J connectivity index is 1.14. The number of fused-ring (bicyclic) bond motifs is 1. The number of piperazine rings is 1. The lowest BCUT2D eigenvalue weighted by Gasteiger charge is -2.37. The number of hydrogen-bond acceptors (Lipinski definition) is 7. The lowest BCUT2D eigenvalue weighted by atomic mass is 10.0. The Labute approximate surface area is 268 Å². The maximum Gasteiger partial charge on any atom is 0.417 e. The van der Waals surface area contributed by atoms with E-state index in [9.17, 15) is 31.4 Å². The highest BCUT2D eigenvalue weighted by Gasteiger charge is 2.38. The molecule has 1 atom stereocenters. The molecule has 0 bridgehead atoms. The van der Waals surface area contributed by atoms with E-state index in [4.69, 9.17) is 5.10 Å². The topological polar surface area (TPSA) is 59.8 Å². The molecular weight excluding hydrogens is 630 g/mol. The Morgan fingerprint density at radius 2 is 1.74 bits per heavy atom. The molecule has 3 aromatic rings. The van der Waals surface area contributed by atoms with Crippen LogP contribution < -0.4 is 10.2 Å². The van der Waals surface area contributed by atoms with Crippen molar-refractivity contribution in [1.29, 1.82) is 0 Å². The third-order valence-corrected chi connectivity index (χ3v) is 9.93. The standard InChI is InChI=1S/C32H38F6N6OS/c33-23-2-4-24(5-3-23)43-13-11-41(12-14-43)19-25(45)20-44-28-7-9-39-18-26(28)30(40-44)22-1-6-27(32(36,37)38)29(17-22)46-16-15-42-10-8-31(34,35)21-42/h1-6,17,25,39,45H,7-16,18-21H2. The number of aliphatic hydroxyl groups is 1. The first kappa shape index (κ1) is 33.1. The van der Waals surface area contributed by atoms with Gasteiger partial charge in [-0.15, -0.1) is 11.8 Å². The molecule has 0 amide bonds. The fourth-order valence-corrected chi connectivity index (χ4v) is 7.62. The Morgan fingerprint density at radius 3 is 2.43 bits per heavy atom. The van der Waals surface area contributed by atoms with Crippen LogP contribution >= 0.6 is 11.8 Å². The number of nitrogens with zero attached hydrogens (tertiary/aromatic N) is 5. The van der Waals surface area contributed by atoms with Crippen LogP contribution in [0.3, 0.4) is 0 Å². The van der Waals surface area contributed by atoms with E-state index in [0.717, 1.165) is 67.5 Å². The van der Waals surface area contributed by atoms with Crippen molar-refractivity contribution in [2.75, 3.05) is 69.6 Å². The summed E-state index contributed by atoms with van der Waals surface area (Å²) in [5, 5.41) is 19.2. The van der Waals surface area contributed by atoms with Crippen molar-refractivity contribution in [2.24, 2.45) is 0 Å². The number of β-amino-alcohol motifs (C(OH)–C–C–N with tert-alkyl or cyclic N) is 1. The highest BCUT2D eigenvalue weighted by atomic mass is 32.2. The summed E-state index contributed by atoms with van der Waals surface area (Å²) in [6, 6.07) is 10.4. The summed E-state index contributed by atoms with van der Waals surface area (Å²) in [7, 11) is 0. The lowest BCUT2D eigenvalue weighted by Crippen LogP contribution is -2.49. The van der Waals surface area contributed by atoms with Gasteiger partial charge in [-0.2, -0.15) is 18.3 Å². The minimum absolute atomic E-state index is 0.0443. The number of benzene rings is 2. The summed E-state index contributed by atoms with van der Waals surface area (Å²) in [5.74, 6) is -2.77. The molecule has 7 nitrogen and oxygen atoms in total. The third-order valence-electron chi connectivity index (χ3n) is 8.90. The van der Waals surface area contributed by atoms with Crippen LogP contribution in [0.5, 0.6) is 0 Å². The second-order valence-electron chi connectivity index (χ2n) is 12.2. The van der Waals surface area contributed by atoms with Crippen LogP contribution in [0.4, 0.5) is 32.0 Å². The number of alkyl halides is 5. The summed E-state index contributed by atoms with van der Waals surface area (Å²) in [5.41, 5.74) is 3.20. The van der Waals surface area contributed by atoms with Crippen molar-refractivity contribution < 1.29 is 31.4 Å². The van der Waals surface area contributed by atoms with Gasteiger partial charge in [0.15, 0.2) is 0 Å². The maximum absolute atomic E-state index is 13.9. The molecule has 250 valence electrons. The highest BCUT2D eigenvalue weighted by molar-refractivity contribution is 7.99. The van der Waals surface area contributed by atoms with E-state index >= 15 is 0 Å². The molecule has 4 heterocycles. The van der Waals surface area contributed by atoms with Crippen LogP contribution in [0.25, 0.3) is 11.3 Å². The van der Waals surface area contributed by atoms with Crippen LogP contribution in [0.1, 0.15) is 23.2 Å². The summed E-state index contributed by atoms with van der Waals surface area (Å²) >= 11 is 1.02. The molecule has 0 radical (unpaired) electrons. The van der Waals surface area contributed by atoms with Crippen molar-refractivity contribution in [2.45, 2.75) is 49.0 Å². The third kappa shape index (κ3) is 7.84. The molecule has 3 aliphatic rings. The van der Waals surface area contributed by atoms with Gasteiger partial charge in [-0.3, -0.25) is 14.5 Å². The first-order chi connectivity index (χ1) is 21.9. The zero-order valence-corrected chi connectivity index (χ0v) is 26.2. The minimum Gasteiger partial charge on any atom is -0.390 e. The van der Waals surface area contributed by atoms with Crippen LogP contribution in [0.2, 0.25) is 0 Å². The van der Waals surface area contributed by atoms with Crippen LogP contribution in [0, 0.1) is 5.82 Å². The monoisotopic (exact) mass is 668 g/mol. The van der Waals surface area contributed by atoms with E-state index in [0.29, 0.717) is 30.8 Å². The van der Waals surface area contributed by atoms with Crippen LogP contribution in [0.15, 0.2) is 47.4 Å². The predicted octanol–water partition coefficient (Wildman–Crippen LogP) is 4.97. The van der Waals surface area contributed by atoms with Gasteiger partial charge >= 0.3 is 6.18 Å². The fourth-order valence-electron chi connectivity index (χ4n) is 6.50. The Bertz CT molecular complexity index is 1490. The number of halogens is 6. The van der Waals surface area contributed by atoms with Crippen molar-refractivity contribution in [1.82, 2.24) is 24.9 Å². The van der Waals surface area contributed by atoms with Gasteiger partial charge in [-0.25, -0.2) is 13.2 Å². The number of aromatic nitrogens is 2. The molecule has 1 aromatic heterocycles. The van der Waals surface area contributed by atoms with Gasteiger partial charge in [0, 0.05) is 105 Å². The molecule has 2 fully saturated rings. The number of rotatable bonds is 10. The SMILES string of the molecule is OC(CN1CCN(c2ccc(F)cc2)CC1)Cn1nc(-c2ccc(C(F)(F)F)c(SCCN3CCC(F)(F)C3)c2)c2c1CCNC2. The van der Waals surface area contributed by atoms with Gasteiger partial charge in [0.1, 0.15) is 5.82 Å². The normalized spacial score (nSPS) is 19.8. The zero-order chi connectivity index (χ0) is 32.5. The smallest absolute Gasteiger partial charge is 0.390 e. The minimum atomic E-state index is -4.56. The van der Waals surface area contributed by atoms with E-state index in [1.165, 1.54) is 24.3 Å². The van der Waals surface area contributed by atoms with Crippen molar-refractivity contribution >= 4 is 17.4 Å². The van der Waals surface area contributed by atoms with E-state index < -0.39 is 23.8 Å². The van der Waals surface area contributed by atoms with Gasteiger partial charge in [-0.05, 0) is 36.4 Å². The highest BCUT2D eigenvalue weighted by Crippen LogP contribution is 2.40. The van der Waals surface area contributed by atoms with Crippen LogP contribution in [-0.2, 0) is 25.7 Å². The summed E-state index contributed by atoms with van der Waals surface area (Å²) < 4.78 is 84.1. The number of anilines is 1. The second-order valence-corrected chi connectivity index (χ2v) is 13.4. The molecule has 46 heavy (non-hydrogen) atoms. The number of nitrogens with one attached hydrogen (secondary N) is 1. The molecule has 14 heteroatoms. The van der Waals surface area contributed by atoms with E-state index in [2.05, 4.69) is 15.1 Å². The van der Waals surface area contributed by atoms with Crippen molar-refractivity contribution in [3.8, 4) is 11.3 Å². The molecule has 0 spiro atoms. The van der Waals surface area contributed by atoms with Gasteiger partial charge in [0.2, 0.25) is 0 Å². The number of thioether (sulfide) groups is 1. The number of hydrogen-bond donors (Lipinski definition) is 2. The maximum atomic E-state index is 13.9. The van der Waals surface area contributed by atoms with Gasteiger partial charge in [0.05, 0.1) is 30.5 Å². The first-order valence-electron chi connectivity index (χ1n) is 15.6. The lowest BCUT2D eigenvalue weighted by molar-refractivity contribution is -0.139. The molecule has 0 aliphatic carbocycles. The number of likely N-dealkylation sites (tertiary alicyclic amines) is 1. The molecule has 0 saturated carbocycles. The van der Waals surface area contributed by atoms with E-state index in [1.807, 2.05) is 0 Å². The summed E-state index contributed by atoms with van der Waals surface area (Å²) in [4.78, 5) is 6.01. The Hall–Kier alpha value is -2.78. The molecule has 6 rings (SSSR count). The predicted molar refractivity (Wildman–Crippen MR) is 166 cm³/mol. The molecule has 1 unspecified atom stereocenters. The average molecular weight is 669 g/mol. The molecule has 2 N–H and O–H groups in total. The van der Waals surface area contributed by atoms with Gasteiger partial charge in [-0.1, -0.05) is 6.07 Å². The Kier molecular flexibility index (Phi) is 9.91. The van der Waals surface area contributed by atoms with Crippen molar-refractivity contribution in [3.63, 3.8) is 0 Å².